The number of nitrogens with zero attached hydrogens (tertiary/aromatic N) is 3. The summed E-state index contributed by atoms with van der Waals surface area (Å²) in [6.07, 6.45) is 0.867. The molecule has 0 unspecified atom stereocenters. The summed E-state index contributed by atoms with van der Waals surface area (Å²) in [7, 11) is 0. The van der Waals surface area contributed by atoms with Gasteiger partial charge in [-0.15, -0.1) is 11.3 Å². The molecule has 90 valence electrons. The van der Waals surface area contributed by atoms with Crippen LogP contribution in [0.25, 0.3) is 0 Å². The van der Waals surface area contributed by atoms with Gasteiger partial charge < -0.3 is 10.6 Å². The van der Waals surface area contributed by atoms with Crippen molar-refractivity contribution in [2.24, 2.45) is 10.7 Å². The molecule has 0 aromatic carbocycles. The number of thiazole rings is 1. The van der Waals surface area contributed by atoms with Crippen molar-refractivity contribution < 1.29 is 0 Å². The minimum absolute atomic E-state index is 0.636. The number of rotatable bonds is 5. The molecule has 0 bridgehead atoms. The van der Waals surface area contributed by atoms with Crippen molar-refractivity contribution in [1.82, 2.24) is 9.88 Å². The SMILES string of the molecule is CCN(CC)C(N)=NCCc1csc(C)n1. The zero-order valence-corrected chi connectivity index (χ0v) is 11.0. The van der Waals surface area contributed by atoms with Gasteiger partial charge in [-0.05, 0) is 20.8 Å². The van der Waals surface area contributed by atoms with Crippen LogP contribution >= 0.6 is 11.3 Å². The number of aryl methyl sites for hydroxylation is 1. The van der Waals surface area contributed by atoms with E-state index in [-0.39, 0.29) is 0 Å². The van der Waals surface area contributed by atoms with Gasteiger partial charge in [0.1, 0.15) is 0 Å². The Morgan fingerprint density at radius 2 is 2.19 bits per heavy atom. The van der Waals surface area contributed by atoms with Crippen molar-refractivity contribution in [2.45, 2.75) is 27.2 Å². The van der Waals surface area contributed by atoms with Gasteiger partial charge in [-0.3, -0.25) is 4.99 Å². The Bertz CT molecular complexity index is 342. The largest absolute Gasteiger partial charge is 0.370 e. The molecule has 0 saturated heterocycles. The fourth-order valence-electron chi connectivity index (χ4n) is 1.46. The van der Waals surface area contributed by atoms with Gasteiger partial charge in [0, 0.05) is 31.4 Å². The van der Waals surface area contributed by atoms with E-state index in [0.717, 1.165) is 30.2 Å². The van der Waals surface area contributed by atoms with Gasteiger partial charge in [-0.2, -0.15) is 0 Å². The van der Waals surface area contributed by atoms with E-state index in [1.165, 1.54) is 0 Å². The van der Waals surface area contributed by atoms with Crippen LogP contribution in [0.1, 0.15) is 24.5 Å². The summed E-state index contributed by atoms with van der Waals surface area (Å²) >= 11 is 1.68. The van der Waals surface area contributed by atoms with Crippen molar-refractivity contribution in [1.29, 1.82) is 0 Å². The number of aromatic nitrogens is 1. The fourth-order valence-corrected chi connectivity index (χ4v) is 2.10. The molecule has 0 aliphatic carbocycles. The first-order chi connectivity index (χ1) is 7.67. The van der Waals surface area contributed by atoms with Crippen LogP contribution in [0.4, 0.5) is 0 Å². The van der Waals surface area contributed by atoms with E-state index < -0.39 is 0 Å². The third-order valence-corrected chi connectivity index (χ3v) is 3.22. The molecule has 0 aliphatic heterocycles. The average Bonchev–Trinajstić information content (AvgIpc) is 2.66. The first-order valence-electron chi connectivity index (χ1n) is 5.63. The van der Waals surface area contributed by atoms with Crippen molar-refractivity contribution in [3.05, 3.63) is 16.1 Å². The molecular formula is C11H20N4S. The van der Waals surface area contributed by atoms with Gasteiger partial charge in [0.05, 0.1) is 10.7 Å². The van der Waals surface area contributed by atoms with E-state index in [1.54, 1.807) is 11.3 Å². The monoisotopic (exact) mass is 240 g/mol. The van der Waals surface area contributed by atoms with Crippen molar-refractivity contribution in [3.8, 4) is 0 Å². The molecular weight excluding hydrogens is 220 g/mol. The van der Waals surface area contributed by atoms with Gasteiger partial charge in [0.2, 0.25) is 0 Å². The number of nitrogens with two attached hydrogens (primary N) is 1. The molecule has 2 N–H and O–H groups in total. The van der Waals surface area contributed by atoms with Crippen LogP contribution in [0.3, 0.4) is 0 Å². The number of guanidine groups is 1. The number of hydrogen-bond donors (Lipinski definition) is 1. The summed E-state index contributed by atoms with van der Waals surface area (Å²) in [4.78, 5) is 10.8. The average molecular weight is 240 g/mol. The van der Waals surface area contributed by atoms with Gasteiger partial charge >= 0.3 is 0 Å². The molecule has 0 fully saturated rings. The van der Waals surface area contributed by atoms with Gasteiger partial charge in [-0.25, -0.2) is 4.98 Å². The summed E-state index contributed by atoms with van der Waals surface area (Å²) in [5.74, 6) is 0.636. The topological polar surface area (TPSA) is 54.5 Å². The van der Waals surface area contributed by atoms with Crippen molar-refractivity contribution in [3.63, 3.8) is 0 Å². The summed E-state index contributed by atoms with van der Waals surface area (Å²) in [5.41, 5.74) is 6.98. The molecule has 0 atom stereocenters. The zero-order valence-electron chi connectivity index (χ0n) is 10.2. The molecule has 16 heavy (non-hydrogen) atoms. The molecule has 0 spiro atoms. The second kappa shape index (κ2) is 6.48. The molecule has 1 aromatic heterocycles. The van der Waals surface area contributed by atoms with Gasteiger partial charge in [0.15, 0.2) is 5.96 Å². The standard InChI is InChI=1S/C11H20N4S/c1-4-15(5-2)11(12)13-7-6-10-8-16-9(3)14-10/h8H,4-7H2,1-3H3,(H2,12,13). The normalized spacial score (nSPS) is 11.8. The second-order valence-corrected chi connectivity index (χ2v) is 4.58. The maximum atomic E-state index is 5.87. The molecule has 0 amide bonds. The van der Waals surface area contributed by atoms with E-state index in [2.05, 4.69) is 29.2 Å². The molecule has 0 aliphatic rings. The first-order valence-corrected chi connectivity index (χ1v) is 6.51. The van der Waals surface area contributed by atoms with E-state index >= 15 is 0 Å². The van der Waals surface area contributed by atoms with Crippen LogP contribution in [0.5, 0.6) is 0 Å². The van der Waals surface area contributed by atoms with E-state index in [9.17, 15) is 0 Å². The Morgan fingerprint density at radius 1 is 1.50 bits per heavy atom. The molecule has 1 aromatic rings. The lowest BCUT2D eigenvalue weighted by molar-refractivity contribution is 0.458. The maximum Gasteiger partial charge on any atom is 0.191 e. The Morgan fingerprint density at radius 3 is 2.69 bits per heavy atom. The van der Waals surface area contributed by atoms with Crippen LogP contribution in [0, 0.1) is 6.92 Å². The summed E-state index contributed by atoms with van der Waals surface area (Å²) < 4.78 is 0. The minimum Gasteiger partial charge on any atom is -0.370 e. The summed E-state index contributed by atoms with van der Waals surface area (Å²) in [6.45, 7) is 8.70. The Kier molecular flexibility index (Phi) is 5.25. The number of aliphatic imine (C=N–C) groups is 1. The maximum absolute atomic E-state index is 5.87. The summed E-state index contributed by atoms with van der Waals surface area (Å²) in [6, 6.07) is 0. The van der Waals surface area contributed by atoms with Gasteiger partial charge in [-0.1, -0.05) is 0 Å². The van der Waals surface area contributed by atoms with Crippen LogP contribution in [0.15, 0.2) is 10.4 Å². The van der Waals surface area contributed by atoms with E-state index in [0.29, 0.717) is 12.5 Å². The highest BCUT2D eigenvalue weighted by molar-refractivity contribution is 7.09. The molecule has 0 radical (unpaired) electrons. The number of hydrogen-bond acceptors (Lipinski definition) is 3. The lowest BCUT2D eigenvalue weighted by Crippen LogP contribution is -2.37. The molecule has 0 saturated carbocycles. The van der Waals surface area contributed by atoms with Crippen LogP contribution in [-0.4, -0.2) is 35.5 Å². The van der Waals surface area contributed by atoms with Crippen molar-refractivity contribution >= 4 is 17.3 Å². The highest BCUT2D eigenvalue weighted by atomic mass is 32.1. The second-order valence-electron chi connectivity index (χ2n) is 3.52. The Labute approximate surface area is 101 Å². The van der Waals surface area contributed by atoms with E-state index in [1.807, 2.05) is 11.8 Å². The third kappa shape index (κ3) is 3.81. The predicted molar refractivity (Wildman–Crippen MR) is 70.0 cm³/mol. The predicted octanol–water partition coefficient (Wildman–Crippen LogP) is 1.65. The van der Waals surface area contributed by atoms with Crippen LogP contribution < -0.4 is 5.73 Å². The lowest BCUT2D eigenvalue weighted by Gasteiger charge is -2.19. The lowest BCUT2D eigenvalue weighted by atomic mass is 10.3. The highest BCUT2D eigenvalue weighted by Crippen LogP contribution is 2.08. The van der Waals surface area contributed by atoms with Crippen LogP contribution in [0.2, 0.25) is 0 Å². The van der Waals surface area contributed by atoms with Crippen molar-refractivity contribution in [2.75, 3.05) is 19.6 Å². The Balaban J connectivity index is 2.41. The zero-order chi connectivity index (χ0) is 12.0. The molecule has 1 heterocycles. The molecule has 4 nitrogen and oxygen atoms in total. The molecule has 5 heteroatoms. The highest BCUT2D eigenvalue weighted by Gasteiger charge is 2.02. The minimum atomic E-state index is 0.636. The summed E-state index contributed by atoms with van der Waals surface area (Å²) in [5, 5.41) is 3.19. The molecule has 1 rings (SSSR count). The smallest absolute Gasteiger partial charge is 0.191 e. The van der Waals surface area contributed by atoms with Crippen LogP contribution in [-0.2, 0) is 6.42 Å². The quantitative estimate of drug-likeness (QED) is 0.629. The van der Waals surface area contributed by atoms with E-state index in [4.69, 9.17) is 5.73 Å². The third-order valence-electron chi connectivity index (χ3n) is 2.40. The fraction of sp³-hybridized carbons (Fsp3) is 0.636. The first kappa shape index (κ1) is 13.0. The Hall–Kier alpha value is -1.10. The van der Waals surface area contributed by atoms with Gasteiger partial charge in [0.25, 0.3) is 0 Å².